The fraction of sp³-hybridized carbons (Fsp3) is 0.400. The predicted octanol–water partition coefficient (Wildman–Crippen LogP) is 1.08. The zero-order valence-electron chi connectivity index (χ0n) is 9.97. The van der Waals surface area contributed by atoms with Gasteiger partial charge in [-0.25, -0.2) is 4.21 Å². The molecule has 1 aromatic rings. The normalized spacial score (nSPS) is 12.2. The molecule has 1 rings (SSSR count). The number of hydrogen-bond donors (Lipinski definition) is 1. The maximum atomic E-state index is 11.7. The van der Waals surface area contributed by atoms with E-state index in [0.29, 0.717) is 17.9 Å². The molecule has 1 atom stereocenters. The van der Waals surface area contributed by atoms with Crippen molar-refractivity contribution in [3.63, 3.8) is 0 Å². The summed E-state index contributed by atoms with van der Waals surface area (Å²) < 4.78 is 18.2. The lowest BCUT2D eigenvalue weighted by Gasteiger charge is -2.19. The molecule has 0 aromatic carbocycles. The molecule has 0 aliphatic rings. The molecule has 0 radical (unpaired) electrons. The van der Waals surface area contributed by atoms with E-state index < -0.39 is 11.3 Å². The number of anilines is 1. The Hall–Kier alpha value is -1.05. The highest BCUT2D eigenvalue weighted by atomic mass is 32.2. The van der Waals surface area contributed by atoms with Crippen LogP contribution in [-0.4, -0.2) is 27.8 Å². The largest absolute Gasteiger partial charge is 0.389 e. The molecule has 0 spiro atoms. The quantitative estimate of drug-likeness (QED) is 0.813. The summed E-state index contributed by atoms with van der Waals surface area (Å²) in [6.07, 6.45) is 1.58. The van der Waals surface area contributed by atoms with E-state index in [-0.39, 0.29) is 4.99 Å². The maximum Gasteiger partial charge on any atom is 0.264 e. The molecule has 1 heterocycles. The van der Waals surface area contributed by atoms with Crippen molar-refractivity contribution in [1.29, 1.82) is 0 Å². The second-order valence-electron chi connectivity index (χ2n) is 3.33. The molecule has 0 aliphatic heterocycles. The number of pyridine rings is 1. The highest BCUT2D eigenvalue weighted by molar-refractivity contribution is 7.81. The van der Waals surface area contributed by atoms with Gasteiger partial charge in [0.25, 0.3) is 11.3 Å². The van der Waals surface area contributed by atoms with Gasteiger partial charge in [0.1, 0.15) is 4.99 Å². The van der Waals surface area contributed by atoms with Crippen molar-refractivity contribution >= 4 is 34.2 Å². The number of nitrogens with two attached hydrogens (primary N) is 1. The molecular formula is C10H15N3O2S2. The van der Waals surface area contributed by atoms with Gasteiger partial charge in [-0.2, -0.15) is 0 Å². The zero-order valence-corrected chi connectivity index (χ0v) is 11.6. The summed E-state index contributed by atoms with van der Waals surface area (Å²) in [5.74, 6) is 0. The summed E-state index contributed by atoms with van der Waals surface area (Å²) in [4.78, 5) is 4.33. The van der Waals surface area contributed by atoms with Crippen LogP contribution in [-0.2, 0) is 15.4 Å². The monoisotopic (exact) mass is 273 g/mol. The molecule has 0 aliphatic carbocycles. The first-order chi connectivity index (χ1) is 7.97. The highest BCUT2D eigenvalue weighted by Crippen LogP contribution is 2.21. The SMILES string of the molecule is CCOS(=O)N(C)c1cc(C)ncc1C(N)=S. The Labute approximate surface area is 109 Å². The van der Waals surface area contributed by atoms with Crippen LogP contribution < -0.4 is 10.0 Å². The molecule has 1 aromatic heterocycles. The van der Waals surface area contributed by atoms with E-state index >= 15 is 0 Å². The predicted molar refractivity (Wildman–Crippen MR) is 73.0 cm³/mol. The number of aryl methyl sites for hydroxylation is 1. The lowest BCUT2D eigenvalue weighted by molar-refractivity contribution is 0.371. The fourth-order valence-electron chi connectivity index (χ4n) is 1.26. The average Bonchev–Trinajstić information content (AvgIpc) is 2.27. The van der Waals surface area contributed by atoms with Crippen molar-refractivity contribution in [1.82, 2.24) is 4.98 Å². The second kappa shape index (κ2) is 6.04. The van der Waals surface area contributed by atoms with Crippen molar-refractivity contribution in [2.75, 3.05) is 18.0 Å². The van der Waals surface area contributed by atoms with Gasteiger partial charge in [0, 0.05) is 18.9 Å². The molecule has 1 unspecified atom stereocenters. The first-order valence-electron chi connectivity index (χ1n) is 5.02. The minimum Gasteiger partial charge on any atom is -0.389 e. The highest BCUT2D eigenvalue weighted by Gasteiger charge is 2.15. The molecular weight excluding hydrogens is 258 g/mol. The Kier molecular flexibility index (Phi) is 4.98. The van der Waals surface area contributed by atoms with Gasteiger partial charge in [-0.3, -0.25) is 13.5 Å². The topological polar surface area (TPSA) is 68.5 Å². The summed E-state index contributed by atoms with van der Waals surface area (Å²) in [5.41, 5.74) is 7.63. The fourth-order valence-corrected chi connectivity index (χ4v) is 2.08. The summed E-state index contributed by atoms with van der Waals surface area (Å²) in [5, 5.41) is 0. The first-order valence-corrected chi connectivity index (χ1v) is 6.46. The lowest BCUT2D eigenvalue weighted by Crippen LogP contribution is -2.25. The molecule has 0 saturated heterocycles. The van der Waals surface area contributed by atoms with Gasteiger partial charge in [-0.15, -0.1) is 0 Å². The number of nitrogens with zero attached hydrogens (tertiary/aromatic N) is 2. The van der Waals surface area contributed by atoms with Gasteiger partial charge in [0.05, 0.1) is 17.9 Å². The summed E-state index contributed by atoms with van der Waals surface area (Å²) >= 11 is 3.37. The van der Waals surface area contributed by atoms with Crippen molar-refractivity contribution in [3.05, 3.63) is 23.5 Å². The van der Waals surface area contributed by atoms with Gasteiger partial charge in [0.2, 0.25) is 0 Å². The summed E-state index contributed by atoms with van der Waals surface area (Å²) in [6, 6.07) is 1.77. The molecule has 0 bridgehead atoms. The van der Waals surface area contributed by atoms with Crippen LogP contribution in [0.5, 0.6) is 0 Å². The molecule has 0 fully saturated rings. The second-order valence-corrected chi connectivity index (χ2v) is 4.99. The van der Waals surface area contributed by atoms with Crippen LogP contribution in [0.2, 0.25) is 0 Å². The van der Waals surface area contributed by atoms with Crippen molar-refractivity contribution < 1.29 is 8.39 Å². The van der Waals surface area contributed by atoms with Crippen LogP contribution >= 0.6 is 12.2 Å². The number of aromatic nitrogens is 1. The van der Waals surface area contributed by atoms with Crippen LogP contribution in [0.3, 0.4) is 0 Å². The van der Waals surface area contributed by atoms with E-state index in [4.69, 9.17) is 22.1 Å². The molecule has 17 heavy (non-hydrogen) atoms. The smallest absolute Gasteiger partial charge is 0.264 e. The minimum absolute atomic E-state index is 0.216. The van der Waals surface area contributed by atoms with Crippen molar-refractivity contribution in [3.8, 4) is 0 Å². The Morgan fingerprint density at radius 2 is 2.35 bits per heavy atom. The zero-order chi connectivity index (χ0) is 13.0. The third-order valence-corrected chi connectivity index (χ3v) is 3.37. The van der Waals surface area contributed by atoms with Crippen LogP contribution in [0.4, 0.5) is 5.69 Å². The van der Waals surface area contributed by atoms with Gasteiger partial charge >= 0.3 is 0 Å². The number of thiocarbonyl (C=S) groups is 1. The van der Waals surface area contributed by atoms with Gasteiger partial charge < -0.3 is 5.73 Å². The van der Waals surface area contributed by atoms with E-state index in [1.165, 1.54) is 4.31 Å². The third-order valence-electron chi connectivity index (χ3n) is 2.07. The minimum atomic E-state index is -1.56. The van der Waals surface area contributed by atoms with E-state index in [1.807, 2.05) is 6.92 Å². The molecule has 0 amide bonds. The molecule has 2 N–H and O–H groups in total. The Morgan fingerprint density at radius 3 is 2.88 bits per heavy atom. The van der Waals surface area contributed by atoms with E-state index in [9.17, 15) is 4.21 Å². The first kappa shape index (κ1) is 14.0. The van der Waals surface area contributed by atoms with Crippen molar-refractivity contribution in [2.45, 2.75) is 13.8 Å². The summed E-state index contributed by atoms with van der Waals surface area (Å²) in [6.45, 7) is 3.98. The average molecular weight is 273 g/mol. The Balaban J connectivity index is 3.14. The van der Waals surface area contributed by atoms with Gasteiger partial charge in [-0.05, 0) is 19.9 Å². The molecule has 5 nitrogen and oxygen atoms in total. The van der Waals surface area contributed by atoms with Gasteiger partial charge in [-0.1, -0.05) is 12.2 Å². The third kappa shape index (κ3) is 3.45. The van der Waals surface area contributed by atoms with E-state index in [2.05, 4.69) is 4.98 Å². The van der Waals surface area contributed by atoms with Crippen LogP contribution in [0.25, 0.3) is 0 Å². The van der Waals surface area contributed by atoms with E-state index in [0.717, 1.165) is 5.69 Å². The Morgan fingerprint density at radius 1 is 1.71 bits per heavy atom. The lowest BCUT2D eigenvalue weighted by atomic mass is 10.2. The standard InChI is InChI=1S/C10H15N3O2S2/c1-4-15-17(14)13(3)9-5-7(2)12-6-8(9)10(11)16/h5-6H,4H2,1-3H3,(H2,11,16). The maximum absolute atomic E-state index is 11.7. The molecule has 0 saturated carbocycles. The Bertz CT molecular complexity index is 451. The molecule has 94 valence electrons. The molecule has 7 heteroatoms. The van der Waals surface area contributed by atoms with Crippen molar-refractivity contribution in [2.24, 2.45) is 5.73 Å². The van der Waals surface area contributed by atoms with Gasteiger partial charge in [0.15, 0.2) is 0 Å². The summed E-state index contributed by atoms with van der Waals surface area (Å²) in [7, 11) is 1.66. The number of hydrogen-bond acceptors (Lipinski definition) is 4. The van der Waals surface area contributed by atoms with Crippen LogP contribution in [0, 0.1) is 6.92 Å². The number of rotatable bonds is 5. The van der Waals surface area contributed by atoms with Crippen LogP contribution in [0.1, 0.15) is 18.2 Å². The van der Waals surface area contributed by atoms with Crippen LogP contribution in [0.15, 0.2) is 12.3 Å². The van der Waals surface area contributed by atoms with E-state index in [1.54, 1.807) is 26.2 Å².